The molecule has 1 aromatic carbocycles. The van der Waals surface area contributed by atoms with Crippen LogP contribution in [-0.4, -0.2) is 29.0 Å². The van der Waals surface area contributed by atoms with E-state index in [0.717, 1.165) is 12.1 Å². The number of hydrazine groups is 1. The van der Waals surface area contributed by atoms with Crippen molar-refractivity contribution in [1.82, 2.24) is 15.4 Å². The van der Waals surface area contributed by atoms with Gasteiger partial charge in [-0.3, -0.25) is 20.4 Å². The van der Waals surface area contributed by atoms with Gasteiger partial charge in [-0.25, -0.2) is 9.18 Å². The van der Waals surface area contributed by atoms with Gasteiger partial charge in [0.1, 0.15) is 12.4 Å². The van der Waals surface area contributed by atoms with E-state index in [1.807, 2.05) is 0 Å². The van der Waals surface area contributed by atoms with Crippen LogP contribution in [0.15, 0.2) is 30.3 Å². The molecule has 0 radical (unpaired) electrons. The first-order chi connectivity index (χ1) is 12.3. The smallest absolute Gasteiger partial charge is 0.339 e. The summed E-state index contributed by atoms with van der Waals surface area (Å²) in [5.74, 6) is -1.94. The summed E-state index contributed by atoms with van der Waals surface area (Å²) in [6.45, 7) is 5.37. The average Bonchev–Trinajstić information content (AvgIpc) is 2.89. The molecule has 1 aromatic heterocycles. The highest BCUT2D eigenvalue weighted by atomic mass is 19.1. The van der Waals surface area contributed by atoms with Crippen molar-refractivity contribution in [2.75, 3.05) is 6.61 Å². The van der Waals surface area contributed by atoms with Crippen LogP contribution in [0, 0.1) is 19.7 Å². The Hall–Kier alpha value is -3.16. The highest BCUT2D eigenvalue weighted by Gasteiger charge is 2.18. The fourth-order valence-electron chi connectivity index (χ4n) is 2.44. The Balaban J connectivity index is 1.98. The topological polar surface area (TPSA) is 89.4 Å². The largest absolute Gasteiger partial charge is 0.462 e. The van der Waals surface area contributed by atoms with Gasteiger partial charge in [0.15, 0.2) is 0 Å². The van der Waals surface area contributed by atoms with Crippen LogP contribution in [0.3, 0.4) is 0 Å². The molecule has 0 atom stereocenters. The molecule has 26 heavy (non-hydrogen) atoms. The summed E-state index contributed by atoms with van der Waals surface area (Å²) >= 11 is 0. The molecule has 0 saturated heterocycles. The number of carbonyl (C=O) groups excluding carboxylic acids is 3. The number of rotatable bonds is 5. The Morgan fingerprint density at radius 1 is 1.12 bits per heavy atom. The maximum Gasteiger partial charge on any atom is 0.339 e. The number of hydrogen-bond donors (Lipinski definition) is 2. The lowest BCUT2D eigenvalue weighted by atomic mass is 10.2. The van der Waals surface area contributed by atoms with Crippen LogP contribution in [0.1, 0.15) is 39.0 Å². The van der Waals surface area contributed by atoms with E-state index in [0.29, 0.717) is 17.0 Å². The minimum absolute atomic E-state index is 0.0826. The first-order valence-corrected chi connectivity index (χ1v) is 8.02. The minimum Gasteiger partial charge on any atom is -0.462 e. The Bertz CT molecular complexity index is 828. The predicted molar refractivity (Wildman–Crippen MR) is 91.9 cm³/mol. The third-order valence-corrected chi connectivity index (χ3v) is 3.79. The molecular weight excluding hydrogens is 341 g/mol. The van der Waals surface area contributed by atoms with Gasteiger partial charge >= 0.3 is 5.97 Å². The van der Waals surface area contributed by atoms with Crippen LogP contribution < -0.4 is 10.9 Å². The summed E-state index contributed by atoms with van der Waals surface area (Å²) in [6.07, 6.45) is 0. The Kier molecular flexibility index (Phi) is 6.11. The third kappa shape index (κ3) is 4.47. The van der Waals surface area contributed by atoms with Crippen molar-refractivity contribution in [1.29, 1.82) is 0 Å². The van der Waals surface area contributed by atoms with Crippen molar-refractivity contribution >= 4 is 17.8 Å². The number of aromatic nitrogens is 1. The molecule has 1 heterocycles. The maximum atomic E-state index is 12.9. The van der Waals surface area contributed by atoms with Gasteiger partial charge in [0.25, 0.3) is 11.8 Å². The molecule has 2 rings (SSSR count). The first-order valence-electron chi connectivity index (χ1n) is 8.02. The van der Waals surface area contributed by atoms with Gasteiger partial charge in [-0.15, -0.1) is 0 Å². The van der Waals surface area contributed by atoms with Crippen LogP contribution in [-0.2, 0) is 16.1 Å². The van der Waals surface area contributed by atoms with Crippen molar-refractivity contribution in [3.05, 3.63) is 58.7 Å². The fraction of sp³-hybridized carbons (Fsp3) is 0.278. The molecule has 0 spiro atoms. The molecule has 2 aromatic rings. The van der Waals surface area contributed by atoms with Gasteiger partial charge in [-0.05, 0) is 51.1 Å². The van der Waals surface area contributed by atoms with Gasteiger partial charge in [0, 0.05) is 17.0 Å². The van der Waals surface area contributed by atoms with Crippen molar-refractivity contribution < 1.29 is 23.5 Å². The molecule has 2 N–H and O–H groups in total. The third-order valence-electron chi connectivity index (χ3n) is 3.79. The summed E-state index contributed by atoms with van der Waals surface area (Å²) in [6, 6.07) is 6.57. The zero-order valence-electron chi connectivity index (χ0n) is 14.8. The average molecular weight is 361 g/mol. The molecule has 0 saturated carbocycles. The molecule has 2 amide bonds. The van der Waals surface area contributed by atoms with Gasteiger partial charge < -0.3 is 9.30 Å². The second-order valence-corrected chi connectivity index (χ2v) is 5.60. The summed E-state index contributed by atoms with van der Waals surface area (Å²) < 4.78 is 19.5. The first kappa shape index (κ1) is 19.2. The van der Waals surface area contributed by atoms with Gasteiger partial charge in [0.05, 0.1) is 12.2 Å². The van der Waals surface area contributed by atoms with Gasteiger partial charge in [-0.2, -0.15) is 0 Å². The number of esters is 1. The maximum absolute atomic E-state index is 12.9. The van der Waals surface area contributed by atoms with E-state index in [1.165, 1.54) is 12.1 Å². The second-order valence-electron chi connectivity index (χ2n) is 5.60. The van der Waals surface area contributed by atoms with Gasteiger partial charge in [-0.1, -0.05) is 0 Å². The lowest BCUT2D eigenvalue weighted by Gasteiger charge is -2.11. The van der Waals surface area contributed by atoms with E-state index in [2.05, 4.69) is 10.9 Å². The van der Waals surface area contributed by atoms with Crippen LogP contribution in [0.5, 0.6) is 0 Å². The molecule has 0 fully saturated rings. The van der Waals surface area contributed by atoms with Crippen molar-refractivity contribution in [2.45, 2.75) is 27.3 Å². The van der Waals surface area contributed by atoms with E-state index in [1.54, 1.807) is 31.4 Å². The minimum atomic E-state index is -0.563. The van der Waals surface area contributed by atoms with E-state index in [9.17, 15) is 18.8 Å². The number of nitrogens with zero attached hydrogens (tertiary/aromatic N) is 1. The number of hydrogen-bond acceptors (Lipinski definition) is 4. The Morgan fingerprint density at radius 3 is 2.38 bits per heavy atom. The summed E-state index contributed by atoms with van der Waals surface area (Å²) in [5, 5.41) is 0. The molecule has 138 valence electrons. The molecule has 0 aliphatic carbocycles. The summed E-state index contributed by atoms with van der Waals surface area (Å²) in [7, 11) is 0. The number of amides is 2. The van der Waals surface area contributed by atoms with E-state index in [-0.39, 0.29) is 18.7 Å². The molecule has 0 aliphatic rings. The van der Waals surface area contributed by atoms with E-state index in [4.69, 9.17) is 4.74 Å². The lowest BCUT2D eigenvalue weighted by molar-refractivity contribution is -0.122. The predicted octanol–water partition coefficient (Wildman–Crippen LogP) is 1.88. The molecule has 0 bridgehead atoms. The van der Waals surface area contributed by atoms with Crippen LogP contribution in [0.4, 0.5) is 4.39 Å². The zero-order valence-corrected chi connectivity index (χ0v) is 14.8. The number of nitrogens with one attached hydrogen (secondary N) is 2. The molecule has 0 unspecified atom stereocenters. The SMILES string of the molecule is CCOC(=O)c1cc(C)n(CC(=O)NNC(=O)c2ccc(F)cc2)c1C. The lowest BCUT2D eigenvalue weighted by Crippen LogP contribution is -2.43. The van der Waals surface area contributed by atoms with Gasteiger partial charge in [0.2, 0.25) is 0 Å². The number of benzene rings is 1. The molecule has 8 heteroatoms. The summed E-state index contributed by atoms with van der Waals surface area (Å²) in [4.78, 5) is 35.9. The molecule has 0 aliphatic heterocycles. The number of ether oxygens (including phenoxy) is 1. The normalized spacial score (nSPS) is 10.3. The number of carbonyl (C=O) groups is 3. The van der Waals surface area contributed by atoms with Crippen LogP contribution in [0.2, 0.25) is 0 Å². The van der Waals surface area contributed by atoms with Crippen molar-refractivity contribution in [3.8, 4) is 0 Å². The zero-order chi connectivity index (χ0) is 19.3. The molecular formula is C18H20FN3O4. The second kappa shape index (κ2) is 8.28. The van der Waals surface area contributed by atoms with Crippen molar-refractivity contribution in [3.63, 3.8) is 0 Å². The van der Waals surface area contributed by atoms with Crippen molar-refractivity contribution in [2.24, 2.45) is 0 Å². The Morgan fingerprint density at radius 2 is 1.77 bits per heavy atom. The number of halogens is 1. The van der Waals surface area contributed by atoms with Crippen LogP contribution in [0.25, 0.3) is 0 Å². The van der Waals surface area contributed by atoms with E-state index < -0.39 is 23.6 Å². The fourth-order valence-corrected chi connectivity index (χ4v) is 2.44. The Labute approximate surface area is 150 Å². The number of aryl methyl sites for hydroxylation is 1. The highest BCUT2D eigenvalue weighted by Crippen LogP contribution is 2.16. The highest BCUT2D eigenvalue weighted by molar-refractivity contribution is 5.95. The quantitative estimate of drug-likeness (QED) is 0.629. The standard InChI is InChI=1S/C18H20FN3O4/c1-4-26-18(25)15-9-11(2)22(12(15)3)10-16(23)20-21-17(24)13-5-7-14(19)8-6-13/h5-9H,4,10H2,1-3H3,(H,20,23)(H,21,24). The monoisotopic (exact) mass is 361 g/mol. The van der Waals surface area contributed by atoms with E-state index >= 15 is 0 Å². The molecule has 7 nitrogen and oxygen atoms in total. The summed E-state index contributed by atoms with van der Waals surface area (Å²) in [5.41, 5.74) is 6.47. The van der Waals surface area contributed by atoms with Crippen LogP contribution >= 0.6 is 0 Å².